The first-order chi connectivity index (χ1) is 16.2. The molecule has 0 aromatic heterocycles. The number of nitrogens with zero attached hydrogens (tertiary/aromatic N) is 1. The molecule has 1 atom stereocenters. The molecule has 2 N–H and O–H groups in total. The predicted octanol–water partition coefficient (Wildman–Crippen LogP) is 3.26. The van der Waals surface area contributed by atoms with Crippen LogP contribution < -0.4 is 14.2 Å². The SMILES string of the molecule is COc1ccc(C2/C(=C(\O)c3c(OC)cccc3OC)C(=O)C(=O)N2CCOC(C)C)cc1O. The summed E-state index contributed by atoms with van der Waals surface area (Å²) in [6.45, 7) is 4.00. The van der Waals surface area contributed by atoms with Gasteiger partial charge in [-0.1, -0.05) is 12.1 Å². The number of aliphatic hydroxyl groups is 1. The summed E-state index contributed by atoms with van der Waals surface area (Å²) >= 11 is 0. The Hall–Kier alpha value is -3.72. The molecule has 1 fully saturated rings. The summed E-state index contributed by atoms with van der Waals surface area (Å²) in [4.78, 5) is 27.6. The maximum Gasteiger partial charge on any atom is 0.295 e. The van der Waals surface area contributed by atoms with Crippen LogP contribution >= 0.6 is 0 Å². The number of benzene rings is 2. The van der Waals surface area contributed by atoms with Gasteiger partial charge in [-0.3, -0.25) is 9.59 Å². The van der Waals surface area contributed by atoms with Crippen LogP contribution in [-0.4, -0.2) is 67.4 Å². The smallest absolute Gasteiger partial charge is 0.295 e. The van der Waals surface area contributed by atoms with Crippen LogP contribution in [0.3, 0.4) is 0 Å². The fourth-order valence-corrected chi connectivity index (χ4v) is 3.94. The molecule has 1 aliphatic heterocycles. The van der Waals surface area contributed by atoms with Crippen molar-refractivity contribution in [2.45, 2.75) is 26.0 Å². The molecule has 0 radical (unpaired) electrons. The standard InChI is InChI=1S/C25H29NO8/c1-14(2)34-12-11-26-22(15-9-10-17(31-3)16(27)13-15)21(24(29)25(26)30)23(28)20-18(32-4)7-6-8-19(20)33-5/h6-10,13-14,22,27-28H,11-12H2,1-5H3/b23-21+. The molecular weight excluding hydrogens is 442 g/mol. The topological polar surface area (TPSA) is 115 Å². The number of ketones is 1. The van der Waals surface area contributed by atoms with Gasteiger partial charge in [-0.2, -0.15) is 0 Å². The molecule has 1 heterocycles. The number of phenols is 1. The predicted molar refractivity (Wildman–Crippen MR) is 124 cm³/mol. The number of amides is 1. The van der Waals surface area contributed by atoms with E-state index in [2.05, 4.69) is 0 Å². The molecule has 9 heteroatoms. The van der Waals surface area contributed by atoms with Crippen LogP contribution in [0.2, 0.25) is 0 Å². The number of methoxy groups -OCH3 is 3. The Balaban J connectivity index is 2.22. The van der Waals surface area contributed by atoms with Crippen molar-refractivity contribution >= 4 is 17.4 Å². The Morgan fingerprint density at radius 2 is 1.62 bits per heavy atom. The van der Waals surface area contributed by atoms with Crippen molar-refractivity contribution in [1.82, 2.24) is 4.90 Å². The van der Waals surface area contributed by atoms with Gasteiger partial charge in [0.15, 0.2) is 11.5 Å². The molecule has 0 aliphatic carbocycles. The highest BCUT2D eigenvalue weighted by Crippen LogP contribution is 2.44. The molecule has 1 unspecified atom stereocenters. The van der Waals surface area contributed by atoms with Crippen LogP contribution in [0.25, 0.3) is 5.76 Å². The number of Topliss-reactive ketones (excluding diaryl/α,β-unsaturated/α-hetero) is 1. The second-order valence-electron chi connectivity index (χ2n) is 7.88. The van der Waals surface area contributed by atoms with E-state index in [0.29, 0.717) is 5.56 Å². The number of aromatic hydroxyl groups is 1. The lowest BCUT2D eigenvalue weighted by atomic mass is 9.94. The van der Waals surface area contributed by atoms with E-state index in [0.717, 1.165) is 0 Å². The maximum atomic E-state index is 13.2. The molecule has 0 saturated carbocycles. The van der Waals surface area contributed by atoms with Crippen molar-refractivity contribution in [3.63, 3.8) is 0 Å². The molecule has 182 valence electrons. The van der Waals surface area contributed by atoms with Gasteiger partial charge in [-0.25, -0.2) is 0 Å². The maximum absolute atomic E-state index is 13.2. The average Bonchev–Trinajstić information content (AvgIpc) is 3.07. The van der Waals surface area contributed by atoms with Gasteiger partial charge in [0.1, 0.15) is 22.8 Å². The number of likely N-dealkylation sites (tertiary alicyclic amines) is 1. The highest BCUT2D eigenvalue weighted by Gasteiger charge is 2.46. The largest absolute Gasteiger partial charge is 0.506 e. The van der Waals surface area contributed by atoms with Crippen molar-refractivity contribution in [3.8, 4) is 23.0 Å². The lowest BCUT2D eigenvalue weighted by Crippen LogP contribution is -2.33. The first kappa shape index (κ1) is 24.9. The van der Waals surface area contributed by atoms with Crippen LogP contribution in [0, 0.1) is 0 Å². The van der Waals surface area contributed by atoms with Crippen LogP contribution in [0.1, 0.15) is 31.0 Å². The molecule has 34 heavy (non-hydrogen) atoms. The zero-order valence-electron chi connectivity index (χ0n) is 19.8. The minimum absolute atomic E-state index is 0.0712. The van der Waals surface area contributed by atoms with Crippen LogP contribution in [0.5, 0.6) is 23.0 Å². The molecule has 0 bridgehead atoms. The number of ether oxygens (including phenoxy) is 4. The van der Waals surface area contributed by atoms with Gasteiger partial charge >= 0.3 is 0 Å². The first-order valence-corrected chi connectivity index (χ1v) is 10.7. The third-order valence-corrected chi connectivity index (χ3v) is 5.51. The molecule has 1 amide bonds. The summed E-state index contributed by atoms with van der Waals surface area (Å²) in [5, 5.41) is 21.7. The van der Waals surface area contributed by atoms with E-state index >= 15 is 0 Å². The van der Waals surface area contributed by atoms with Crippen molar-refractivity contribution in [1.29, 1.82) is 0 Å². The van der Waals surface area contributed by atoms with E-state index in [1.54, 1.807) is 24.3 Å². The lowest BCUT2D eigenvalue weighted by molar-refractivity contribution is -0.140. The number of hydrogen-bond donors (Lipinski definition) is 2. The van der Waals surface area contributed by atoms with Crippen LogP contribution in [0.15, 0.2) is 42.0 Å². The fourth-order valence-electron chi connectivity index (χ4n) is 3.94. The summed E-state index contributed by atoms with van der Waals surface area (Å²) in [5.41, 5.74) is 0.408. The summed E-state index contributed by atoms with van der Waals surface area (Å²) < 4.78 is 21.5. The lowest BCUT2D eigenvalue weighted by Gasteiger charge is -2.26. The monoisotopic (exact) mass is 471 g/mol. The van der Waals surface area contributed by atoms with Gasteiger partial charge in [0.05, 0.1) is 45.7 Å². The van der Waals surface area contributed by atoms with Crippen molar-refractivity contribution in [2.75, 3.05) is 34.5 Å². The number of phenolic OH excluding ortho intramolecular Hbond substituents is 1. The van der Waals surface area contributed by atoms with E-state index < -0.39 is 23.5 Å². The molecule has 0 spiro atoms. The van der Waals surface area contributed by atoms with Crippen molar-refractivity contribution < 1.29 is 38.7 Å². The van der Waals surface area contributed by atoms with E-state index in [4.69, 9.17) is 18.9 Å². The molecular formula is C25H29NO8. The Bertz CT molecular complexity index is 1090. The second-order valence-corrected chi connectivity index (χ2v) is 7.88. The molecule has 9 nitrogen and oxygen atoms in total. The van der Waals surface area contributed by atoms with E-state index in [9.17, 15) is 19.8 Å². The Labute approximate surface area is 198 Å². The van der Waals surface area contributed by atoms with Crippen LogP contribution in [-0.2, 0) is 14.3 Å². The molecule has 2 aromatic rings. The minimum Gasteiger partial charge on any atom is -0.506 e. The van der Waals surface area contributed by atoms with Gasteiger partial charge in [0.25, 0.3) is 11.7 Å². The number of hydrogen-bond acceptors (Lipinski definition) is 8. The molecule has 1 saturated heterocycles. The van der Waals surface area contributed by atoms with Gasteiger partial charge in [0, 0.05) is 6.54 Å². The third kappa shape index (κ3) is 4.65. The average molecular weight is 472 g/mol. The molecule has 2 aromatic carbocycles. The van der Waals surface area contributed by atoms with Gasteiger partial charge in [-0.15, -0.1) is 0 Å². The number of carbonyl (C=O) groups is 2. The summed E-state index contributed by atoms with van der Waals surface area (Å²) in [5.74, 6) is -1.50. The number of aliphatic hydroxyl groups excluding tert-OH is 1. The molecule has 1 aliphatic rings. The van der Waals surface area contributed by atoms with E-state index in [1.807, 2.05) is 13.8 Å². The first-order valence-electron chi connectivity index (χ1n) is 10.7. The van der Waals surface area contributed by atoms with E-state index in [1.165, 1.54) is 38.4 Å². The Kier molecular flexibility index (Phi) is 7.68. The van der Waals surface area contributed by atoms with Gasteiger partial charge in [-0.05, 0) is 43.7 Å². The summed E-state index contributed by atoms with van der Waals surface area (Å²) in [7, 11) is 4.26. The normalized spacial score (nSPS) is 17.4. The summed E-state index contributed by atoms with van der Waals surface area (Å²) in [6, 6.07) is 8.46. The second kappa shape index (κ2) is 10.5. The van der Waals surface area contributed by atoms with Crippen LogP contribution in [0.4, 0.5) is 0 Å². The van der Waals surface area contributed by atoms with Crippen molar-refractivity contribution in [3.05, 3.63) is 53.1 Å². The van der Waals surface area contributed by atoms with Gasteiger partial charge < -0.3 is 34.1 Å². The van der Waals surface area contributed by atoms with Gasteiger partial charge in [0.2, 0.25) is 0 Å². The van der Waals surface area contributed by atoms with Crippen molar-refractivity contribution in [2.24, 2.45) is 0 Å². The molecule has 3 rings (SSSR count). The Morgan fingerprint density at radius 1 is 1.00 bits per heavy atom. The zero-order valence-corrected chi connectivity index (χ0v) is 19.8. The van der Waals surface area contributed by atoms with E-state index in [-0.39, 0.29) is 53.4 Å². The minimum atomic E-state index is -0.984. The third-order valence-electron chi connectivity index (χ3n) is 5.51. The quantitative estimate of drug-likeness (QED) is 0.325. The zero-order chi connectivity index (χ0) is 25.0. The highest BCUT2D eigenvalue weighted by molar-refractivity contribution is 6.46. The number of carbonyl (C=O) groups excluding carboxylic acids is 2. The Morgan fingerprint density at radius 3 is 2.15 bits per heavy atom. The summed E-state index contributed by atoms with van der Waals surface area (Å²) in [6.07, 6.45) is -0.0712. The number of rotatable bonds is 9. The fraction of sp³-hybridized carbons (Fsp3) is 0.360. The highest BCUT2D eigenvalue weighted by atomic mass is 16.5.